The second kappa shape index (κ2) is 11.6. The average Bonchev–Trinajstić information content (AvgIpc) is 3.34. The molecule has 2 N–H and O–H groups in total. The summed E-state index contributed by atoms with van der Waals surface area (Å²) in [6, 6.07) is 32.1. The number of rotatable bonds is 9. The van der Waals surface area contributed by atoms with E-state index in [1.54, 1.807) is 31.4 Å². The number of methoxy groups -OCH3 is 1. The zero-order valence-electron chi connectivity index (χ0n) is 20.8. The molecule has 4 aromatic carbocycles. The van der Waals surface area contributed by atoms with Crippen LogP contribution in [0.5, 0.6) is 11.5 Å². The molecule has 0 unspecified atom stereocenters. The highest BCUT2D eigenvalue weighted by molar-refractivity contribution is 7.21. The lowest BCUT2D eigenvalue weighted by molar-refractivity contribution is 0.0950. The van der Waals surface area contributed by atoms with Gasteiger partial charge in [-0.3, -0.25) is 9.59 Å². The molecular weight excluding hydrogens is 496 g/mol. The topological polar surface area (TPSA) is 76.7 Å². The molecule has 2 amide bonds. The van der Waals surface area contributed by atoms with E-state index in [9.17, 15) is 9.59 Å². The van der Waals surface area contributed by atoms with E-state index in [1.165, 1.54) is 11.3 Å². The number of thiophene rings is 1. The van der Waals surface area contributed by atoms with Crippen molar-refractivity contribution in [1.82, 2.24) is 5.32 Å². The molecule has 0 aliphatic carbocycles. The predicted molar refractivity (Wildman–Crippen MR) is 151 cm³/mol. The minimum atomic E-state index is -0.240. The largest absolute Gasteiger partial charge is 0.497 e. The number of anilines is 1. The molecule has 1 aromatic heterocycles. The van der Waals surface area contributed by atoms with Crippen molar-refractivity contribution in [3.05, 3.63) is 125 Å². The van der Waals surface area contributed by atoms with Crippen LogP contribution in [0.1, 0.15) is 31.2 Å². The van der Waals surface area contributed by atoms with Gasteiger partial charge in [0.2, 0.25) is 0 Å². The van der Waals surface area contributed by atoms with Gasteiger partial charge in [0.25, 0.3) is 11.8 Å². The van der Waals surface area contributed by atoms with E-state index >= 15 is 0 Å². The van der Waals surface area contributed by atoms with Crippen molar-refractivity contribution < 1.29 is 19.1 Å². The Balaban J connectivity index is 1.28. The van der Waals surface area contributed by atoms with Gasteiger partial charge in [0.1, 0.15) is 17.2 Å². The van der Waals surface area contributed by atoms with Crippen molar-refractivity contribution >= 4 is 38.9 Å². The monoisotopic (exact) mass is 522 g/mol. The Morgan fingerprint density at radius 3 is 2.39 bits per heavy atom. The number of ether oxygens (including phenoxy) is 2. The maximum Gasteiger partial charge on any atom is 0.265 e. The maximum atomic E-state index is 13.3. The molecule has 5 aromatic rings. The molecule has 0 spiro atoms. The highest BCUT2D eigenvalue weighted by atomic mass is 32.1. The zero-order chi connectivity index (χ0) is 26.3. The third-order valence-electron chi connectivity index (χ3n) is 5.95. The van der Waals surface area contributed by atoms with Gasteiger partial charge in [-0.1, -0.05) is 60.7 Å². The van der Waals surface area contributed by atoms with Crippen LogP contribution < -0.4 is 20.1 Å². The molecular formula is C31H26N2O4S. The number of hydrogen-bond acceptors (Lipinski definition) is 5. The first-order valence-electron chi connectivity index (χ1n) is 12.1. The summed E-state index contributed by atoms with van der Waals surface area (Å²) in [6.45, 7) is 0.672. The first-order valence-corrected chi connectivity index (χ1v) is 12.9. The summed E-state index contributed by atoms with van der Waals surface area (Å²) < 4.78 is 12.4. The number of benzene rings is 4. The van der Waals surface area contributed by atoms with Gasteiger partial charge in [-0.25, -0.2) is 0 Å². The highest BCUT2D eigenvalue weighted by Crippen LogP contribution is 2.38. The molecule has 190 valence electrons. The number of nitrogens with one attached hydrogen (secondary N) is 2. The fraction of sp³-hybridized carbons (Fsp3) is 0.0968. The van der Waals surface area contributed by atoms with Crippen LogP contribution in [-0.2, 0) is 13.2 Å². The van der Waals surface area contributed by atoms with Crippen LogP contribution in [0.2, 0.25) is 0 Å². The summed E-state index contributed by atoms with van der Waals surface area (Å²) in [7, 11) is 1.56. The molecule has 0 atom stereocenters. The fourth-order valence-corrected chi connectivity index (χ4v) is 5.10. The van der Waals surface area contributed by atoms with Gasteiger partial charge in [0.15, 0.2) is 5.75 Å². The number of fused-ring (bicyclic) bond motifs is 1. The normalized spacial score (nSPS) is 10.7. The third kappa shape index (κ3) is 5.85. The van der Waals surface area contributed by atoms with E-state index in [2.05, 4.69) is 10.6 Å². The van der Waals surface area contributed by atoms with Gasteiger partial charge >= 0.3 is 0 Å². The number of amides is 2. The Morgan fingerprint density at radius 2 is 1.55 bits per heavy atom. The lowest BCUT2D eigenvalue weighted by Crippen LogP contribution is -2.22. The van der Waals surface area contributed by atoms with E-state index < -0.39 is 0 Å². The summed E-state index contributed by atoms with van der Waals surface area (Å²) >= 11 is 1.41. The first kappa shape index (κ1) is 25.0. The standard InChI is InChI=1S/C31H26N2O4S/c1-36-25-14-8-12-23(18-25)30(34)33-24-13-7-11-22(17-24)19-32-31(35)29-28(26-15-5-6-16-27(26)38-29)37-20-21-9-3-2-4-10-21/h2-18H,19-20H2,1H3,(H,32,35)(H,33,34). The number of hydrogen-bond donors (Lipinski definition) is 2. The molecule has 1 heterocycles. The van der Waals surface area contributed by atoms with E-state index in [1.807, 2.05) is 78.9 Å². The van der Waals surface area contributed by atoms with Crippen LogP contribution in [0.15, 0.2) is 103 Å². The van der Waals surface area contributed by atoms with Crippen LogP contribution in [0.4, 0.5) is 5.69 Å². The van der Waals surface area contributed by atoms with Crippen LogP contribution in [-0.4, -0.2) is 18.9 Å². The molecule has 0 bridgehead atoms. The smallest absolute Gasteiger partial charge is 0.265 e. The SMILES string of the molecule is COc1cccc(C(=O)Nc2cccc(CNC(=O)c3sc4ccccc4c3OCc3ccccc3)c2)c1. The molecule has 0 fully saturated rings. The van der Waals surface area contributed by atoms with Gasteiger partial charge in [-0.15, -0.1) is 11.3 Å². The van der Waals surface area contributed by atoms with E-state index in [-0.39, 0.29) is 11.8 Å². The van der Waals surface area contributed by atoms with Gasteiger partial charge in [-0.2, -0.15) is 0 Å². The van der Waals surface area contributed by atoms with Gasteiger partial charge in [0, 0.05) is 27.9 Å². The lowest BCUT2D eigenvalue weighted by atomic mass is 10.1. The summed E-state index contributed by atoms with van der Waals surface area (Å²) in [5, 5.41) is 6.83. The van der Waals surface area contributed by atoms with Gasteiger partial charge in [0.05, 0.1) is 7.11 Å². The van der Waals surface area contributed by atoms with Crippen molar-refractivity contribution in [2.75, 3.05) is 12.4 Å². The second-order valence-corrected chi connectivity index (χ2v) is 9.65. The lowest BCUT2D eigenvalue weighted by Gasteiger charge is -2.11. The predicted octanol–water partition coefficient (Wildman–Crippen LogP) is 6.67. The van der Waals surface area contributed by atoms with E-state index in [4.69, 9.17) is 9.47 Å². The minimum absolute atomic E-state index is 0.208. The maximum absolute atomic E-state index is 13.3. The zero-order valence-corrected chi connectivity index (χ0v) is 21.6. The highest BCUT2D eigenvalue weighted by Gasteiger charge is 2.20. The summed E-state index contributed by atoms with van der Waals surface area (Å²) in [5.41, 5.74) is 3.02. The van der Waals surface area contributed by atoms with Gasteiger partial charge in [-0.05, 0) is 53.6 Å². The molecule has 6 nitrogen and oxygen atoms in total. The van der Waals surface area contributed by atoms with Crippen molar-refractivity contribution in [1.29, 1.82) is 0 Å². The van der Waals surface area contributed by atoms with Crippen LogP contribution in [0.3, 0.4) is 0 Å². The quantitative estimate of drug-likeness (QED) is 0.227. The Labute approximate surface area is 224 Å². The molecule has 0 saturated heterocycles. The fourth-order valence-electron chi connectivity index (χ4n) is 4.03. The number of carbonyl (C=O) groups excluding carboxylic acids is 2. The van der Waals surface area contributed by atoms with Crippen molar-refractivity contribution in [3.63, 3.8) is 0 Å². The molecule has 7 heteroatoms. The Morgan fingerprint density at radius 1 is 0.789 bits per heavy atom. The molecule has 38 heavy (non-hydrogen) atoms. The van der Waals surface area contributed by atoms with Crippen molar-refractivity contribution in [2.24, 2.45) is 0 Å². The molecule has 0 aliphatic heterocycles. The Bertz CT molecular complexity index is 1580. The Kier molecular flexibility index (Phi) is 7.66. The first-order chi connectivity index (χ1) is 18.6. The molecule has 0 radical (unpaired) electrons. The van der Waals surface area contributed by atoms with Gasteiger partial charge < -0.3 is 20.1 Å². The van der Waals surface area contributed by atoms with Crippen molar-refractivity contribution in [2.45, 2.75) is 13.2 Å². The van der Waals surface area contributed by atoms with Crippen LogP contribution in [0.25, 0.3) is 10.1 Å². The number of carbonyl (C=O) groups is 2. The van der Waals surface area contributed by atoms with E-state index in [0.29, 0.717) is 40.8 Å². The third-order valence-corrected chi connectivity index (χ3v) is 7.10. The van der Waals surface area contributed by atoms with Crippen LogP contribution >= 0.6 is 11.3 Å². The minimum Gasteiger partial charge on any atom is -0.497 e. The van der Waals surface area contributed by atoms with Crippen LogP contribution in [0, 0.1) is 0 Å². The Hall–Kier alpha value is -4.62. The van der Waals surface area contributed by atoms with E-state index in [0.717, 1.165) is 21.2 Å². The summed E-state index contributed by atoms with van der Waals surface area (Å²) in [5.74, 6) is 0.754. The summed E-state index contributed by atoms with van der Waals surface area (Å²) in [6.07, 6.45) is 0. The average molecular weight is 523 g/mol. The molecule has 0 saturated carbocycles. The molecule has 0 aliphatic rings. The summed E-state index contributed by atoms with van der Waals surface area (Å²) in [4.78, 5) is 26.5. The second-order valence-electron chi connectivity index (χ2n) is 8.60. The molecule has 5 rings (SSSR count). The van der Waals surface area contributed by atoms with Crippen molar-refractivity contribution in [3.8, 4) is 11.5 Å².